The summed E-state index contributed by atoms with van der Waals surface area (Å²) >= 11 is 0. The third-order valence-corrected chi connectivity index (χ3v) is 6.93. The summed E-state index contributed by atoms with van der Waals surface area (Å²) in [5, 5.41) is 15.4. The second kappa shape index (κ2) is 15.7. The Bertz CT molecular complexity index is 1390. The van der Waals surface area contributed by atoms with Crippen LogP contribution in [0.3, 0.4) is 0 Å². The van der Waals surface area contributed by atoms with Gasteiger partial charge < -0.3 is 14.6 Å². The van der Waals surface area contributed by atoms with Gasteiger partial charge in [-0.25, -0.2) is 14.8 Å². The molecule has 10 nitrogen and oxygen atoms in total. The van der Waals surface area contributed by atoms with Crippen molar-refractivity contribution in [2.75, 3.05) is 18.2 Å². The van der Waals surface area contributed by atoms with Gasteiger partial charge in [-0.05, 0) is 43.0 Å². The molecule has 2 amide bonds. The van der Waals surface area contributed by atoms with Crippen molar-refractivity contribution >= 4 is 41.8 Å². The van der Waals surface area contributed by atoms with Crippen LogP contribution in [0.25, 0.3) is 0 Å². The molecule has 0 spiro atoms. The van der Waals surface area contributed by atoms with Gasteiger partial charge in [-0.1, -0.05) is 72.8 Å². The Balaban J connectivity index is 0.00000506. The highest BCUT2D eigenvalue weighted by Gasteiger charge is 2.42. The maximum absolute atomic E-state index is 14.3. The van der Waals surface area contributed by atoms with Gasteiger partial charge in [0.25, 0.3) is 5.91 Å². The Morgan fingerprint density at radius 2 is 1.60 bits per heavy atom. The number of hydrogen-bond acceptors (Lipinski definition) is 7. The SMILES string of the molecule is CCOC(=O)[C@H](CCc1ccccc1)NC1COc2ccccc2N(N(C(C)=O)[C@@H](Cc2ccccc2)C(=O)O)C1=O.Cl. The number of hydrazine groups is 1. The summed E-state index contributed by atoms with van der Waals surface area (Å²) in [5.74, 6) is -2.79. The fourth-order valence-corrected chi connectivity index (χ4v) is 4.93. The number of hydrogen-bond donors (Lipinski definition) is 2. The topological polar surface area (TPSA) is 125 Å². The summed E-state index contributed by atoms with van der Waals surface area (Å²) < 4.78 is 11.3. The average molecular weight is 610 g/mol. The minimum atomic E-state index is -1.40. The lowest BCUT2D eigenvalue weighted by molar-refractivity contribution is -0.152. The first-order valence-corrected chi connectivity index (χ1v) is 13.9. The van der Waals surface area contributed by atoms with E-state index in [1.165, 1.54) is 6.92 Å². The van der Waals surface area contributed by atoms with E-state index in [4.69, 9.17) is 9.47 Å². The number of carbonyl (C=O) groups excluding carboxylic acids is 3. The number of ether oxygens (including phenoxy) is 2. The standard InChI is InChI=1S/C32H35N3O7.ClH/c1-3-41-32(40)25(19-18-23-12-6-4-7-13-23)33-26-21-42-29-17-11-10-16-27(29)35(30(26)37)34(22(2)36)28(31(38)39)20-24-14-8-5-9-15-24;/h4-17,25-26,28,33H,3,18-21H2,1-2H3,(H,38,39);1H/t25-,26?,28-;/m0./s1. The molecule has 43 heavy (non-hydrogen) atoms. The Kier molecular flexibility index (Phi) is 12.1. The highest BCUT2D eigenvalue weighted by molar-refractivity contribution is 6.02. The zero-order chi connectivity index (χ0) is 30.1. The first-order valence-electron chi connectivity index (χ1n) is 13.9. The van der Waals surface area contributed by atoms with Gasteiger partial charge in [-0.15, -0.1) is 12.4 Å². The number of fused-ring (bicyclic) bond motifs is 1. The van der Waals surface area contributed by atoms with E-state index < -0.39 is 41.9 Å². The molecule has 0 fully saturated rings. The molecule has 1 heterocycles. The predicted molar refractivity (Wildman–Crippen MR) is 163 cm³/mol. The third-order valence-electron chi connectivity index (χ3n) is 6.93. The van der Waals surface area contributed by atoms with Gasteiger partial charge in [0.05, 0.1) is 6.61 Å². The highest BCUT2D eigenvalue weighted by Crippen LogP contribution is 2.34. The van der Waals surface area contributed by atoms with Crippen molar-refractivity contribution in [2.45, 2.75) is 51.2 Å². The van der Waals surface area contributed by atoms with Crippen molar-refractivity contribution in [3.8, 4) is 5.75 Å². The molecule has 0 radical (unpaired) electrons. The molecule has 1 aliphatic rings. The number of anilines is 1. The van der Waals surface area contributed by atoms with E-state index in [1.54, 1.807) is 55.5 Å². The molecule has 0 saturated carbocycles. The van der Waals surface area contributed by atoms with Gasteiger partial charge in [-0.3, -0.25) is 19.7 Å². The largest absolute Gasteiger partial charge is 0.489 e. The number of halogens is 1. The number of rotatable bonds is 12. The molecule has 3 aromatic carbocycles. The number of amides is 2. The molecule has 3 aromatic rings. The molecule has 3 atom stereocenters. The molecular formula is C32H36ClN3O7. The number of carboxylic acid groups (broad SMARTS) is 1. The molecule has 11 heteroatoms. The van der Waals surface area contributed by atoms with Crippen LogP contribution in [0, 0.1) is 0 Å². The van der Waals surface area contributed by atoms with Gasteiger partial charge in [-0.2, -0.15) is 0 Å². The number of nitrogens with zero attached hydrogens (tertiary/aromatic N) is 2. The van der Waals surface area contributed by atoms with Crippen LogP contribution in [0.15, 0.2) is 84.9 Å². The second-order valence-electron chi connectivity index (χ2n) is 9.88. The van der Waals surface area contributed by atoms with Crippen LogP contribution in [0.2, 0.25) is 0 Å². The van der Waals surface area contributed by atoms with E-state index in [2.05, 4.69) is 5.32 Å². The summed E-state index contributed by atoms with van der Waals surface area (Å²) in [6, 6.07) is 21.7. The Labute approximate surface area is 257 Å². The van der Waals surface area contributed by atoms with Crippen LogP contribution in [-0.4, -0.2) is 65.2 Å². The number of aryl methyl sites for hydroxylation is 1. The molecule has 1 unspecified atom stereocenters. The zero-order valence-electron chi connectivity index (χ0n) is 24.0. The summed E-state index contributed by atoms with van der Waals surface area (Å²) in [6.07, 6.45) is 0.839. The maximum atomic E-state index is 14.3. The van der Waals surface area contributed by atoms with Gasteiger partial charge in [0.1, 0.15) is 30.1 Å². The monoisotopic (exact) mass is 609 g/mol. The smallest absolute Gasteiger partial charge is 0.328 e. The number of esters is 1. The van der Waals surface area contributed by atoms with E-state index in [9.17, 15) is 24.3 Å². The normalized spacial score (nSPS) is 15.5. The van der Waals surface area contributed by atoms with Gasteiger partial charge in [0.2, 0.25) is 5.91 Å². The van der Waals surface area contributed by atoms with Crippen molar-refractivity contribution in [3.63, 3.8) is 0 Å². The lowest BCUT2D eigenvalue weighted by Gasteiger charge is -2.38. The maximum Gasteiger partial charge on any atom is 0.328 e. The minimum Gasteiger partial charge on any atom is -0.489 e. The van der Waals surface area contributed by atoms with Crippen molar-refractivity contribution in [3.05, 3.63) is 96.1 Å². The van der Waals surface area contributed by atoms with Gasteiger partial charge in [0, 0.05) is 13.3 Å². The van der Waals surface area contributed by atoms with E-state index in [0.717, 1.165) is 15.6 Å². The van der Waals surface area contributed by atoms with E-state index in [0.29, 0.717) is 24.2 Å². The Morgan fingerprint density at radius 3 is 2.21 bits per heavy atom. The number of carbonyl (C=O) groups is 4. The summed E-state index contributed by atoms with van der Waals surface area (Å²) in [6.45, 7) is 2.92. The first kappa shape index (κ1) is 33.1. The fourth-order valence-electron chi connectivity index (χ4n) is 4.93. The van der Waals surface area contributed by atoms with Crippen molar-refractivity contribution in [1.29, 1.82) is 0 Å². The van der Waals surface area contributed by atoms with Crippen molar-refractivity contribution in [1.82, 2.24) is 10.3 Å². The number of para-hydroxylation sites is 2. The van der Waals surface area contributed by atoms with Crippen LogP contribution in [0.5, 0.6) is 5.75 Å². The summed E-state index contributed by atoms with van der Waals surface area (Å²) in [7, 11) is 0. The molecule has 0 bridgehead atoms. The van der Waals surface area contributed by atoms with Crippen molar-refractivity contribution < 1.29 is 33.8 Å². The van der Waals surface area contributed by atoms with E-state index in [1.807, 2.05) is 36.4 Å². The first-order chi connectivity index (χ1) is 20.3. The van der Waals surface area contributed by atoms with Crippen LogP contribution >= 0.6 is 12.4 Å². The lowest BCUT2D eigenvalue weighted by Crippen LogP contribution is -2.62. The van der Waals surface area contributed by atoms with Gasteiger partial charge in [0.15, 0.2) is 6.04 Å². The quantitative estimate of drug-likeness (QED) is 0.297. The number of carboxylic acids is 1. The minimum absolute atomic E-state index is 0. The summed E-state index contributed by atoms with van der Waals surface area (Å²) in [5.41, 5.74) is 1.92. The molecule has 0 aromatic heterocycles. The van der Waals surface area contributed by atoms with Gasteiger partial charge >= 0.3 is 11.9 Å². The average Bonchev–Trinajstić information content (AvgIpc) is 3.12. The lowest BCUT2D eigenvalue weighted by atomic mass is 10.0. The molecule has 2 N–H and O–H groups in total. The van der Waals surface area contributed by atoms with E-state index >= 15 is 0 Å². The van der Waals surface area contributed by atoms with E-state index in [-0.39, 0.29) is 37.7 Å². The highest BCUT2D eigenvalue weighted by atomic mass is 35.5. The second-order valence-corrected chi connectivity index (χ2v) is 9.88. The van der Waals surface area contributed by atoms with Crippen LogP contribution in [0.1, 0.15) is 31.4 Å². The van der Waals surface area contributed by atoms with Crippen LogP contribution in [0.4, 0.5) is 5.69 Å². The number of benzene rings is 3. The molecule has 1 aliphatic heterocycles. The molecule has 0 aliphatic carbocycles. The molecule has 4 rings (SSSR count). The Morgan fingerprint density at radius 1 is 1.00 bits per heavy atom. The zero-order valence-corrected chi connectivity index (χ0v) is 24.9. The fraction of sp³-hybridized carbons (Fsp3) is 0.312. The molecular weight excluding hydrogens is 574 g/mol. The van der Waals surface area contributed by atoms with Crippen LogP contribution < -0.4 is 15.1 Å². The molecule has 0 saturated heterocycles. The number of aliphatic carboxylic acids is 1. The molecule has 228 valence electrons. The Hall–Kier alpha value is -4.41. The summed E-state index contributed by atoms with van der Waals surface area (Å²) in [4.78, 5) is 53.0. The third kappa shape index (κ3) is 8.33. The van der Waals surface area contributed by atoms with Crippen LogP contribution in [-0.2, 0) is 36.8 Å². The predicted octanol–water partition coefficient (Wildman–Crippen LogP) is 3.82. The number of nitrogens with one attached hydrogen (secondary N) is 1. The van der Waals surface area contributed by atoms with Crippen molar-refractivity contribution in [2.24, 2.45) is 0 Å².